The molecule has 1 aromatic heterocycles. The van der Waals surface area contributed by atoms with Crippen LogP contribution in [0.1, 0.15) is 31.2 Å². The minimum Gasteiger partial charge on any atom is -0.390 e. The molecular weight excluding hydrogens is 467 g/mol. The van der Waals surface area contributed by atoms with E-state index < -0.39 is 23.9 Å². The smallest absolute Gasteiger partial charge is 0.301 e. The molecule has 4 rings (SSSR count). The molecule has 1 aliphatic rings. The molecule has 3 aromatic rings. The van der Waals surface area contributed by atoms with Crippen molar-refractivity contribution in [1.82, 2.24) is 9.88 Å². The molecule has 0 unspecified atom stereocenters. The average Bonchev–Trinajstić information content (AvgIpc) is 3.31. The summed E-state index contributed by atoms with van der Waals surface area (Å²) in [5.41, 5.74) is 4.45. The maximum atomic E-state index is 13.1. The number of nitrogens with zero attached hydrogens (tertiary/aromatic N) is 2. The van der Waals surface area contributed by atoms with Crippen LogP contribution in [-0.4, -0.2) is 33.7 Å². The lowest BCUT2D eigenvalue weighted by Crippen LogP contribution is -2.43. The van der Waals surface area contributed by atoms with Crippen molar-refractivity contribution < 1.29 is 18.3 Å². The van der Waals surface area contributed by atoms with Gasteiger partial charge in [0.1, 0.15) is 0 Å². The molecule has 0 radical (unpaired) electrons. The zero-order valence-electron chi connectivity index (χ0n) is 17.9. The standard InChI is InChI=1S/C24H24F3N3OS2/c1-16(30-13-11-24(31,12-14-30)10-9-19(25)23(26)27)17-5-7-18(8-6-17)29-33-21-4-2-3-20-22(21)28-15-32-20/h2-8,15,29,31H,1,9-14H2. The van der Waals surface area contributed by atoms with Gasteiger partial charge in [0.25, 0.3) is 0 Å². The van der Waals surface area contributed by atoms with Crippen LogP contribution < -0.4 is 4.72 Å². The van der Waals surface area contributed by atoms with Crippen LogP contribution in [-0.2, 0) is 0 Å². The zero-order valence-corrected chi connectivity index (χ0v) is 19.5. The summed E-state index contributed by atoms with van der Waals surface area (Å²) >= 11 is 3.13. The predicted octanol–water partition coefficient (Wildman–Crippen LogP) is 7.07. The van der Waals surface area contributed by atoms with Crippen molar-refractivity contribution in [3.05, 3.63) is 72.0 Å². The fourth-order valence-electron chi connectivity index (χ4n) is 3.85. The SMILES string of the molecule is C=C(c1ccc(NSc2cccc3scnc23)cc1)N1CCC(O)(CCC(F)=C(F)F)CC1. The number of hydrogen-bond acceptors (Lipinski definition) is 6. The maximum Gasteiger partial charge on any atom is 0.301 e. The van der Waals surface area contributed by atoms with Crippen LogP contribution in [0.2, 0.25) is 0 Å². The lowest BCUT2D eigenvalue weighted by atomic mass is 9.86. The van der Waals surface area contributed by atoms with E-state index in [1.807, 2.05) is 41.9 Å². The number of hydrogen-bond donors (Lipinski definition) is 2. The first-order chi connectivity index (χ1) is 15.8. The number of anilines is 1. The number of fused-ring (bicyclic) bond motifs is 1. The van der Waals surface area contributed by atoms with Crippen LogP contribution in [0, 0.1) is 0 Å². The third-order valence-corrected chi connectivity index (χ3v) is 7.59. The Bertz CT molecular complexity index is 1150. The summed E-state index contributed by atoms with van der Waals surface area (Å²) in [6.07, 6.45) is -2.00. The van der Waals surface area contributed by atoms with E-state index in [-0.39, 0.29) is 6.42 Å². The Hall–Kier alpha value is -2.49. The van der Waals surface area contributed by atoms with E-state index in [0.29, 0.717) is 25.9 Å². The number of aromatic nitrogens is 1. The Labute approximate surface area is 199 Å². The number of aliphatic hydroxyl groups is 1. The molecule has 0 amide bonds. The van der Waals surface area contributed by atoms with Gasteiger partial charge < -0.3 is 14.7 Å². The second-order valence-corrected chi connectivity index (χ2v) is 9.79. The van der Waals surface area contributed by atoms with Gasteiger partial charge in [-0.3, -0.25) is 0 Å². The van der Waals surface area contributed by atoms with Crippen molar-refractivity contribution in [2.24, 2.45) is 0 Å². The van der Waals surface area contributed by atoms with Crippen LogP contribution in [0.25, 0.3) is 15.9 Å². The van der Waals surface area contributed by atoms with E-state index in [4.69, 9.17) is 0 Å². The second-order valence-electron chi connectivity index (χ2n) is 8.06. The molecule has 9 heteroatoms. The molecule has 1 fully saturated rings. The number of halogens is 3. The van der Waals surface area contributed by atoms with Crippen molar-refractivity contribution in [3.8, 4) is 0 Å². The lowest BCUT2D eigenvalue weighted by molar-refractivity contribution is -0.0171. The molecule has 0 saturated carbocycles. The maximum absolute atomic E-state index is 13.1. The van der Waals surface area contributed by atoms with Crippen molar-refractivity contribution in [2.75, 3.05) is 17.8 Å². The van der Waals surface area contributed by atoms with Gasteiger partial charge in [0.15, 0.2) is 5.83 Å². The van der Waals surface area contributed by atoms with Gasteiger partial charge in [0.05, 0.1) is 26.2 Å². The number of nitrogens with one attached hydrogen (secondary N) is 1. The van der Waals surface area contributed by atoms with Gasteiger partial charge in [-0.2, -0.15) is 8.78 Å². The Morgan fingerprint density at radius 1 is 1.15 bits per heavy atom. The normalized spacial score (nSPS) is 15.5. The summed E-state index contributed by atoms with van der Waals surface area (Å²) in [6, 6.07) is 14.0. The molecule has 0 spiro atoms. The highest BCUT2D eigenvalue weighted by Gasteiger charge is 2.33. The molecule has 33 heavy (non-hydrogen) atoms. The Balaban J connectivity index is 1.30. The summed E-state index contributed by atoms with van der Waals surface area (Å²) in [6.45, 7) is 5.26. The van der Waals surface area contributed by atoms with Crippen LogP contribution in [0.5, 0.6) is 0 Å². The van der Waals surface area contributed by atoms with Crippen molar-refractivity contribution in [3.63, 3.8) is 0 Å². The quantitative estimate of drug-likeness (QED) is 0.330. The molecule has 0 aliphatic carbocycles. The molecule has 2 heterocycles. The van der Waals surface area contributed by atoms with Gasteiger partial charge in [-0.15, -0.1) is 11.3 Å². The molecule has 174 valence electrons. The second kappa shape index (κ2) is 10.2. The van der Waals surface area contributed by atoms with Gasteiger partial charge in [-0.05, 0) is 61.0 Å². The average molecular weight is 492 g/mol. The fraction of sp³-hybridized carbons (Fsp3) is 0.292. The van der Waals surface area contributed by atoms with Crippen LogP contribution >= 0.6 is 23.3 Å². The van der Waals surface area contributed by atoms with Crippen molar-refractivity contribution in [1.29, 1.82) is 0 Å². The first kappa shape index (κ1) is 23.7. The Kier molecular flexibility index (Phi) is 7.31. The molecule has 0 atom stereocenters. The summed E-state index contributed by atoms with van der Waals surface area (Å²) in [5, 5.41) is 10.6. The highest BCUT2D eigenvalue weighted by atomic mass is 32.2. The zero-order chi connectivity index (χ0) is 23.4. The minimum atomic E-state index is -2.30. The number of benzene rings is 2. The molecule has 0 bridgehead atoms. The summed E-state index contributed by atoms with van der Waals surface area (Å²) < 4.78 is 42.1. The van der Waals surface area contributed by atoms with E-state index in [2.05, 4.69) is 27.3 Å². The molecule has 1 aliphatic heterocycles. The largest absolute Gasteiger partial charge is 0.390 e. The lowest BCUT2D eigenvalue weighted by Gasteiger charge is -2.40. The molecule has 2 aromatic carbocycles. The number of piperidine rings is 1. The summed E-state index contributed by atoms with van der Waals surface area (Å²) in [4.78, 5) is 7.56. The number of rotatable bonds is 8. The van der Waals surface area contributed by atoms with Gasteiger partial charge in [0.2, 0.25) is 0 Å². The van der Waals surface area contributed by atoms with E-state index >= 15 is 0 Å². The van der Waals surface area contributed by atoms with E-state index in [1.165, 1.54) is 11.9 Å². The van der Waals surface area contributed by atoms with E-state index in [0.717, 1.165) is 32.1 Å². The number of likely N-dealkylation sites (tertiary alicyclic amines) is 1. The van der Waals surface area contributed by atoms with Crippen molar-refractivity contribution in [2.45, 2.75) is 36.2 Å². The van der Waals surface area contributed by atoms with Crippen LogP contribution in [0.15, 0.2) is 71.4 Å². The molecule has 1 saturated heterocycles. The minimum absolute atomic E-state index is 0.0108. The predicted molar refractivity (Wildman–Crippen MR) is 130 cm³/mol. The third-order valence-electron chi connectivity index (χ3n) is 5.91. The Morgan fingerprint density at radius 3 is 2.58 bits per heavy atom. The van der Waals surface area contributed by atoms with Crippen LogP contribution in [0.3, 0.4) is 0 Å². The Morgan fingerprint density at radius 2 is 1.88 bits per heavy atom. The van der Waals surface area contributed by atoms with Gasteiger partial charge in [0, 0.05) is 30.9 Å². The van der Waals surface area contributed by atoms with Crippen molar-refractivity contribution >= 4 is 44.9 Å². The van der Waals surface area contributed by atoms with Gasteiger partial charge in [-0.25, -0.2) is 9.37 Å². The first-order valence-corrected chi connectivity index (χ1v) is 12.3. The van der Waals surface area contributed by atoms with E-state index in [1.54, 1.807) is 11.3 Å². The number of para-hydroxylation sites is 1. The monoisotopic (exact) mass is 491 g/mol. The molecule has 4 nitrogen and oxygen atoms in total. The van der Waals surface area contributed by atoms with Gasteiger partial charge in [-0.1, -0.05) is 24.8 Å². The van der Waals surface area contributed by atoms with Crippen LogP contribution in [0.4, 0.5) is 18.9 Å². The molecular formula is C24H24F3N3OS2. The molecule has 2 N–H and O–H groups in total. The summed E-state index contributed by atoms with van der Waals surface area (Å²) in [7, 11) is 0. The topological polar surface area (TPSA) is 48.4 Å². The number of allylic oxidation sites excluding steroid dienone is 1. The third kappa shape index (κ3) is 5.72. The van der Waals surface area contributed by atoms with Gasteiger partial charge >= 0.3 is 6.08 Å². The highest BCUT2D eigenvalue weighted by Crippen LogP contribution is 2.34. The number of thiazole rings is 1. The van der Waals surface area contributed by atoms with E-state index in [9.17, 15) is 18.3 Å². The summed E-state index contributed by atoms with van der Waals surface area (Å²) in [5.74, 6) is -1.44. The highest BCUT2D eigenvalue weighted by molar-refractivity contribution is 8.00. The first-order valence-electron chi connectivity index (χ1n) is 10.6. The fourth-order valence-corrected chi connectivity index (χ4v) is 5.39.